The summed E-state index contributed by atoms with van der Waals surface area (Å²) in [5.74, 6) is 1.89. The molecule has 1 amide bonds. The van der Waals surface area contributed by atoms with Crippen molar-refractivity contribution < 1.29 is 9.21 Å². The highest BCUT2D eigenvalue weighted by atomic mass is 32.1. The van der Waals surface area contributed by atoms with Gasteiger partial charge in [-0.3, -0.25) is 4.79 Å². The number of furan rings is 1. The van der Waals surface area contributed by atoms with Crippen LogP contribution in [0, 0.1) is 12.8 Å². The van der Waals surface area contributed by atoms with Gasteiger partial charge in [-0.1, -0.05) is 6.92 Å². The lowest BCUT2D eigenvalue weighted by atomic mass is 10.1. The third-order valence-electron chi connectivity index (χ3n) is 4.62. The van der Waals surface area contributed by atoms with Crippen LogP contribution in [0.2, 0.25) is 0 Å². The standard InChI is InChI=1S/C18H25N3O2S/c1-4-15-5-6-16(23-15)18(22)21-8-7-14(10-21)9-20(3)11-17-13(2)19-12-24-17/h5-6,12,14H,4,7-11H2,1-3H3/t14-/m1/s1. The number of aryl methyl sites for hydroxylation is 2. The molecule has 0 saturated carbocycles. The molecule has 0 N–H and O–H groups in total. The van der Waals surface area contributed by atoms with Crippen molar-refractivity contribution in [2.45, 2.75) is 33.2 Å². The van der Waals surface area contributed by atoms with Gasteiger partial charge in [-0.25, -0.2) is 4.98 Å². The molecule has 130 valence electrons. The van der Waals surface area contributed by atoms with Crippen molar-refractivity contribution in [2.75, 3.05) is 26.7 Å². The Labute approximate surface area is 147 Å². The smallest absolute Gasteiger partial charge is 0.289 e. The third-order valence-corrected chi connectivity index (χ3v) is 5.54. The molecule has 1 saturated heterocycles. The second-order valence-corrected chi connectivity index (χ2v) is 7.52. The fourth-order valence-electron chi connectivity index (χ4n) is 3.23. The first-order chi connectivity index (χ1) is 11.6. The average Bonchev–Trinajstić information content (AvgIpc) is 3.29. The Morgan fingerprint density at radius 2 is 2.33 bits per heavy atom. The van der Waals surface area contributed by atoms with Crippen LogP contribution in [0.5, 0.6) is 0 Å². The monoisotopic (exact) mass is 347 g/mol. The minimum atomic E-state index is 0.0261. The van der Waals surface area contributed by atoms with Crippen molar-refractivity contribution in [1.82, 2.24) is 14.8 Å². The molecule has 0 aromatic carbocycles. The molecule has 3 rings (SSSR count). The predicted molar refractivity (Wildman–Crippen MR) is 95.3 cm³/mol. The quantitative estimate of drug-likeness (QED) is 0.805. The van der Waals surface area contributed by atoms with Gasteiger partial charge in [-0.2, -0.15) is 0 Å². The summed E-state index contributed by atoms with van der Waals surface area (Å²) in [7, 11) is 2.14. The molecule has 1 atom stereocenters. The number of aromatic nitrogens is 1. The lowest BCUT2D eigenvalue weighted by molar-refractivity contribution is 0.0751. The summed E-state index contributed by atoms with van der Waals surface area (Å²) in [6, 6.07) is 3.69. The van der Waals surface area contributed by atoms with Gasteiger partial charge >= 0.3 is 0 Å². The first-order valence-corrected chi connectivity index (χ1v) is 9.40. The van der Waals surface area contributed by atoms with Crippen LogP contribution in [0.25, 0.3) is 0 Å². The van der Waals surface area contributed by atoms with Crippen LogP contribution in [-0.4, -0.2) is 47.4 Å². The molecular formula is C18H25N3O2S. The van der Waals surface area contributed by atoms with Crippen LogP contribution < -0.4 is 0 Å². The molecular weight excluding hydrogens is 322 g/mol. The fraction of sp³-hybridized carbons (Fsp3) is 0.556. The molecule has 0 aliphatic carbocycles. The van der Waals surface area contributed by atoms with Gasteiger partial charge in [0.25, 0.3) is 5.91 Å². The second-order valence-electron chi connectivity index (χ2n) is 6.58. The minimum absolute atomic E-state index is 0.0261. The Kier molecular flexibility index (Phi) is 5.36. The number of amides is 1. The molecule has 24 heavy (non-hydrogen) atoms. The Morgan fingerprint density at radius 3 is 3.00 bits per heavy atom. The summed E-state index contributed by atoms with van der Waals surface area (Å²) < 4.78 is 5.60. The van der Waals surface area contributed by atoms with Gasteiger partial charge in [0.05, 0.1) is 11.2 Å². The molecule has 6 heteroatoms. The zero-order valence-corrected chi connectivity index (χ0v) is 15.4. The van der Waals surface area contributed by atoms with Crippen molar-refractivity contribution in [3.63, 3.8) is 0 Å². The maximum atomic E-state index is 12.5. The van der Waals surface area contributed by atoms with E-state index < -0.39 is 0 Å². The van der Waals surface area contributed by atoms with E-state index in [1.165, 1.54) is 4.88 Å². The first-order valence-electron chi connectivity index (χ1n) is 8.52. The Balaban J connectivity index is 1.51. The SMILES string of the molecule is CCc1ccc(C(=O)N2CC[C@H](CN(C)Cc3scnc3C)C2)o1. The van der Waals surface area contributed by atoms with Crippen LogP contribution in [0.3, 0.4) is 0 Å². The van der Waals surface area contributed by atoms with Crippen molar-refractivity contribution in [3.05, 3.63) is 39.7 Å². The van der Waals surface area contributed by atoms with Gasteiger partial charge < -0.3 is 14.2 Å². The summed E-state index contributed by atoms with van der Waals surface area (Å²) in [5.41, 5.74) is 3.03. The fourth-order valence-corrected chi connectivity index (χ4v) is 4.09. The van der Waals surface area contributed by atoms with Crippen LogP contribution >= 0.6 is 11.3 Å². The minimum Gasteiger partial charge on any atom is -0.456 e. The Bertz CT molecular complexity index is 694. The normalized spacial score (nSPS) is 17.8. The maximum Gasteiger partial charge on any atom is 0.289 e. The van der Waals surface area contributed by atoms with Crippen molar-refractivity contribution in [3.8, 4) is 0 Å². The van der Waals surface area contributed by atoms with Gasteiger partial charge in [0.15, 0.2) is 5.76 Å². The maximum absolute atomic E-state index is 12.5. The Morgan fingerprint density at radius 1 is 1.50 bits per heavy atom. The summed E-state index contributed by atoms with van der Waals surface area (Å²) >= 11 is 1.71. The third kappa shape index (κ3) is 3.87. The number of carbonyl (C=O) groups is 1. The predicted octanol–water partition coefficient (Wildman–Crippen LogP) is 3.20. The summed E-state index contributed by atoms with van der Waals surface area (Å²) in [6.07, 6.45) is 1.87. The number of thiazole rings is 1. The zero-order valence-electron chi connectivity index (χ0n) is 14.6. The lowest BCUT2D eigenvalue weighted by Crippen LogP contribution is -2.31. The molecule has 1 aliphatic heterocycles. The number of rotatable bonds is 6. The molecule has 3 heterocycles. The molecule has 2 aromatic rings. The molecule has 0 spiro atoms. The molecule has 0 bridgehead atoms. The lowest BCUT2D eigenvalue weighted by Gasteiger charge is -2.21. The van der Waals surface area contributed by atoms with Crippen molar-refractivity contribution in [1.29, 1.82) is 0 Å². The summed E-state index contributed by atoms with van der Waals surface area (Å²) in [6.45, 7) is 7.65. The molecule has 2 aromatic heterocycles. The number of carbonyl (C=O) groups excluding carboxylic acids is 1. The molecule has 0 unspecified atom stereocenters. The van der Waals surface area contributed by atoms with E-state index in [2.05, 4.69) is 23.9 Å². The topological polar surface area (TPSA) is 49.6 Å². The van der Waals surface area contributed by atoms with Gasteiger partial charge in [0.2, 0.25) is 0 Å². The molecule has 1 fully saturated rings. The highest BCUT2D eigenvalue weighted by molar-refractivity contribution is 7.09. The highest BCUT2D eigenvalue weighted by Crippen LogP contribution is 2.22. The Hall–Kier alpha value is -1.66. The van der Waals surface area contributed by atoms with Gasteiger partial charge in [0.1, 0.15) is 5.76 Å². The van der Waals surface area contributed by atoms with Gasteiger partial charge in [-0.15, -0.1) is 11.3 Å². The van der Waals surface area contributed by atoms with E-state index in [4.69, 9.17) is 4.42 Å². The van der Waals surface area contributed by atoms with Crippen molar-refractivity contribution in [2.24, 2.45) is 5.92 Å². The van der Waals surface area contributed by atoms with Crippen LogP contribution in [-0.2, 0) is 13.0 Å². The second kappa shape index (κ2) is 7.49. The van der Waals surface area contributed by atoms with Crippen LogP contribution in [0.4, 0.5) is 0 Å². The van der Waals surface area contributed by atoms with E-state index in [0.717, 1.165) is 50.5 Å². The van der Waals surface area contributed by atoms with E-state index in [9.17, 15) is 4.79 Å². The largest absolute Gasteiger partial charge is 0.456 e. The van der Waals surface area contributed by atoms with E-state index in [1.54, 1.807) is 17.4 Å². The molecule has 0 radical (unpaired) electrons. The number of likely N-dealkylation sites (tertiary alicyclic amines) is 1. The van der Waals surface area contributed by atoms with Crippen LogP contribution in [0.15, 0.2) is 22.1 Å². The summed E-state index contributed by atoms with van der Waals surface area (Å²) in [4.78, 5) is 22.4. The molecule has 5 nitrogen and oxygen atoms in total. The van der Waals surface area contributed by atoms with E-state index in [1.807, 2.05) is 23.4 Å². The van der Waals surface area contributed by atoms with E-state index in [0.29, 0.717) is 11.7 Å². The number of hydrogen-bond donors (Lipinski definition) is 0. The molecule has 1 aliphatic rings. The van der Waals surface area contributed by atoms with Crippen LogP contribution in [0.1, 0.15) is 40.2 Å². The van der Waals surface area contributed by atoms with Crippen molar-refractivity contribution >= 4 is 17.2 Å². The first kappa shape index (κ1) is 17.2. The summed E-state index contributed by atoms with van der Waals surface area (Å²) in [5, 5.41) is 0. The highest BCUT2D eigenvalue weighted by Gasteiger charge is 2.29. The van der Waals surface area contributed by atoms with Gasteiger partial charge in [-0.05, 0) is 38.4 Å². The average molecular weight is 347 g/mol. The van der Waals surface area contributed by atoms with Gasteiger partial charge in [0, 0.05) is 37.5 Å². The number of hydrogen-bond acceptors (Lipinski definition) is 5. The number of nitrogens with zero attached hydrogens (tertiary/aromatic N) is 3. The van der Waals surface area contributed by atoms with E-state index in [-0.39, 0.29) is 5.91 Å². The van der Waals surface area contributed by atoms with E-state index >= 15 is 0 Å². The zero-order chi connectivity index (χ0) is 17.1.